The molecule has 3 aliphatic heterocycles. The van der Waals surface area contributed by atoms with Gasteiger partial charge in [-0.25, -0.2) is 0 Å². The van der Waals surface area contributed by atoms with Gasteiger partial charge in [0.2, 0.25) is 0 Å². The van der Waals surface area contributed by atoms with Crippen LogP contribution in [-0.2, 0) is 6.42 Å². The second kappa shape index (κ2) is 5.64. The fourth-order valence-corrected chi connectivity index (χ4v) is 4.79. The number of nitrogens with zero attached hydrogens (tertiary/aromatic N) is 1. The number of rotatable bonds is 3. The molecule has 0 amide bonds. The predicted octanol–water partition coefficient (Wildman–Crippen LogP) is 3.67. The zero-order chi connectivity index (χ0) is 14.2. The van der Waals surface area contributed by atoms with Gasteiger partial charge >= 0.3 is 0 Å². The molecule has 21 heavy (non-hydrogen) atoms. The van der Waals surface area contributed by atoms with Crippen LogP contribution in [-0.4, -0.2) is 25.2 Å². The van der Waals surface area contributed by atoms with E-state index >= 15 is 0 Å². The molecule has 0 saturated carbocycles. The van der Waals surface area contributed by atoms with E-state index in [2.05, 4.69) is 35.3 Å². The van der Waals surface area contributed by atoms with Crippen LogP contribution in [0, 0.1) is 12.8 Å². The predicted molar refractivity (Wildman–Crippen MR) is 89.0 cm³/mol. The molecule has 1 aromatic carbocycles. The summed E-state index contributed by atoms with van der Waals surface area (Å²) in [6.45, 7) is 4.73. The Morgan fingerprint density at radius 2 is 2.00 bits per heavy atom. The molecule has 2 fully saturated rings. The van der Waals surface area contributed by atoms with Crippen LogP contribution in [0.5, 0.6) is 0 Å². The quantitative estimate of drug-likeness (QED) is 0.911. The van der Waals surface area contributed by atoms with Crippen molar-refractivity contribution in [3.05, 3.63) is 29.3 Å². The van der Waals surface area contributed by atoms with Gasteiger partial charge < -0.3 is 10.2 Å². The molecule has 0 aromatic heterocycles. The molecule has 3 aliphatic rings. The lowest BCUT2D eigenvalue weighted by molar-refractivity contribution is 0.287. The van der Waals surface area contributed by atoms with Crippen LogP contribution < -0.4 is 10.2 Å². The largest absolute Gasteiger partial charge is 0.371 e. The Hall–Kier alpha value is -1.02. The molecule has 1 N–H and O–H groups in total. The minimum absolute atomic E-state index is 0.838. The second-order valence-electron chi connectivity index (χ2n) is 7.49. The van der Waals surface area contributed by atoms with Gasteiger partial charge in [-0.3, -0.25) is 0 Å². The van der Waals surface area contributed by atoms with Gasteiger partial charge in [-0.15, -0.1) is 0 Å². The summed E-state index contributed by atoms with van der Waals surface area (Å²) < 4.78 is 0. The van der Waals surface area contributed by atoms with Crippen molar-refractivity contribution in [3.8, 4) is 0 Å². The molecule has 2 unspecified atom stereocenters. The van der Waals surface area contributed by atoms with Gasteiger partial charge in [-0.05, 0) is 69.4 Å². The van der Waals surface area contributed by atoms with Gasteiger partial charge in [-0.2, -0.15) is 0 Å². The zero-order valence-electron chi connectivity index (χ0n) is 13.3. The van der Waals surface area contributed by atoms with Crippen molar-refractivity contribution >= 4 is 5.69 Å². The minimum atomic E-state index is 0.838. The molecule has 114 valence electrons. The topological polar surface area (TPSA) is 15.3 Å². The lowest BCUT2D eigenvalue weighted by Gasteiger charge is -2.35. The summed E-state index contributed by atoms with van der Waals surface area (Å²) in [6, 6.07) is 8.71. The first-order valence-corrected chi connectivity index (χ1v) is 8.88. The van der Waals surface area contributed by atoms with E-state index in [0.29, 0.717) is 0 Å². The Balaban J connectivity index is 1.40. The maximum absolute atomic E-state index is 3.77. The molecule has 2 heteroatoms. The van der Waals surface area contributed by atoms with E-state index in [0.717, 1.165) is 18.0 Å². The number of aryl methyl sites for hydroxylation is 2. The third-order valence-corrected chi connectivity index (χ3v) is 5.83. The summed E-state index contributed by atoms with van der Waals surface area (Å²) in [5, 5.41) is 3.77. The molecule has 4 rings (SSSR count). The van der Waals surface area contributed by atoms with Gasteiger partial charge in [0.25, 0.3) is 0 Å². The fraction of sp³-hybridized carbons (Fsp3) is 0.684. The lowest BCUT2D eigenvalue weighted by Crippen LogP contribution is -2.39. The van der Waals surface area contributed by atoms with Gasteiger partial charge in [0, 0.05) is 30.9 Å². The van der Waals surface area contributed by atoms with Crippen molar-refractivity contribution < 1.29 is 0 Å². The van der Waals surface area contributed by atoms with Gasteiger partial charge in [0.1, 0.15) is 0 Å². The molecule has 0 radical (unpaired) electrons. The van der Waals surface area contributed by atoms with Crippen molar-refractivity contribution in [1.29, 1.82) is 0 Å². The summed E-state index contributed by atoms with van der Waals surface area (Å²) in [6.07, 6.45) is 9.68. The maximum atomic E-state index is 3.77. The molecule has 2 bridgehead atoms. The van der Waals surface area contributed by atoms with Crippen LogP contribution in [0.1, 0.15) is 49.7 Å². The summed E-state index contributed by atoms with van der Waals surface area (Å²) in [5.41, 5.74) is 4.50. The number of anilines is 1. The van der Waals surface area contributed by atoms with Crippen molar-refractivity contribution in [3.63, 3.8) is 0 Å². The van der Waals surface area contributed by atoms with E-state index in [9.17, 15) is 0 Å². The first-order chi connectivity index (χ1) is 10.3. The maximum Gasteiger partial charge on any atom is 0.0398 e. The highest BCUT2D eigenvalue weighted by atomic mass is 15.1. The number of nitrogens with one attached hydrogen (secondary N) is 1. The van der Waals surface area contributed by atoms with Crippen LogP contribution in [0.2, 0.25) is 0 Å². The Morgan fingerprint density at radius 1 is 1.19 bits per heavy atom. The third kappa shape index (κ3) is 2.83. The van der Waals surface area contributed by atoms with Gasteiger partial charge in [-0.1, -0.05) is 17.7 Å². The van der Waals surface area contributed by atoms with Crippen molar-refractivity contribution in [2.45, 2.75) is 64.0 Å². The standard InChI is InChI=1S/C19H28N2/c1-14-4-7-19-16(11-14)3-2-9-21(19)10-8-15-12-17-5-6-18(13-15)20-17/h4,7,11,15,17-18,20H,2-3,5-6,8-10,12-13H2,1H3. The van der Waals surface area contributed by atoms with Crippen LogP contribution in [0.3, 0.4) is 0 Å². The molecule has 0 aliphatic carbocycles. The molecule has 3 heterocycles. The molecule has 2 nitrogen and oxygen atoms in total. The van der Waals surface area contributed by atoms with Crippen LogP contribution in [0.25, 0.3) is 0 Å². The summed E-state index contributed by atoms with van der Waals surface area (Å²) in [5.74, 6) is 0.958. The zero-order valence-corrected chi connectivity index (χ0v) is 13.3. The van der Waals surface area contributed by atoms with E-state index in [1.54, 1.807) is 5.56 Å². The smallest absolute Gasteiger partial charge is 0.0398 e. The van der Waals surface area contributed by atoms with Gasteiger partial charge in [0.15, 0.2) is 0 Å². The number of hydrogen-bond donors (Lipinski definition) is 1. The van der Waals surface area contributed by atoms with Crippen LogP contribution in [0.15, 0.2) is 18.2 Å². The molecule has 2 atom stereocenters. The average Bonchev–Trinajstić information content (AvgIpc) is 2.83. The highest BCUT2D eigenvalue weighted by Gasteiger charge is 2.33. The van der Waals surface area contributed by atoms with Crippen molar-refractivity contribution in [1.82, 2.24) is 5.32 Å². The van der Waals surface area contributed by atoms with E-state index in [4.69, 9.17) is 0 Å². The van der Waals surface area contributed by atoms with E-state index in [-0.39, 0.29) is 0 Å². The fourth-order valence-electron chi connectivity index (χ4n) is 4.79. The number of hydrogen-bond acceptors (Lipinski definition) is 2. The molecule has 0 spiro atoms. The summed E-state index contributed by atoms with van der Waals surface area (Å²) >= 11 is 0. The highest BCUT2D eigenvalue weighted by molar-refractivity contribution is 5.56. The van der Waals surface area contributed by atoms with Crippen molar-refractivity contribution in [2.24, 2.45) is 5.92 Å². The molecule has 1 aromatic rings. The molecular weight excluding hydrogens is 256 g/mol. The Labute approximate surface area is 128 Å². The monoisotopic (exact) mass is 284 g/mol. The number of fused-ring (bicyclic) bond motifs is 3. The first kappa shape index (κ1) is 13.6. The summed E-state index contributed by atoms with van der Waals surface area (Å²) in [7, 11) is 0. The van der Waals surface area contributed by atoms with Crippen molar-refractivity contribution in [2.75, 3.05) is 18.0 Å². The summed E-state index contributed by atoms with van der Waals surface area (Å²) in [4.78, 5) is 2.65. The Morgan fingerprint density at radius 3 is 2.81 bits per heavy atom. The van der Waals surface area contributed by atoms with Crippen LogP contribution >= 0.6 is 0 Å². The Kier molecular flexibility index (Phi) is 3.66. The lowest BCUT2D eigenvalue weighted by atomic mass is 9.89. The highest BCUT2D eigenvalue weighted by Crippen LogP contribution is 2.34. The third-order valence-electron chi connectivity index (χ3n) is 5.83. The second-order valence-corrected chi connectivity index (χ2v) is 7.49. The SMILES string of the molecule is Cc1ccc2c(c1)CCCN2CCC1CC2CCC(C1)N2. The number of benzene rings is 1. The average molecular weight is 284 g/mol. The van der Waals surface area contributed by atoms with E-state index in [1.165, 1.54) is 69.3 Å². The first-order valence-electron chi connectivity index (χ1n) is 8.88. The van der Waals surface area contributed by atoms with E-state index in [1.807, 2.05) is 0 Å². The molecule has 2 saturated heterocycles. The van der Waals surface area contributed by atoms with Crippen LogP contribution in [0.4, 0.5) is 5.69 Å². The van der Waals surface area contributed by atoms with E-state index < -0.39 is 0 Å². The normalized spacial score (nSPS) is 31.3. The number of piperidine rings is 1. The minimum Gasteiger partial charge on any atom is -0.371 e. The molecular formula is C19H28N2. The van der Waals surface area contributed by atoms with Gasteiger partial charge in [0.05, 0.1) is 0 Å². The Bertz CT molecular complexity index is 498.